The third kappa shape index (κ3) is 8.34. The molecule has 0 aromatic heterocycles. The van der Waals surface area contributed by atoms with Crippen LogP contribution in [0.4, 0.5) is 0 Å². The van der Waals surface area contributed by atoms with Gasteiger partial charge in [-0.25, -0.2) is 0 Å². The van der Waals surface area contributed by atoms with E-state index in [2.05, 4.69) is 155 Å². The van der Waals surface area contributed by atoms with Crippen LogP contribution in [0.5, 0.6) is 11.5 Å². The van der Waals surface area contributed by atoms with Crippen molar-refractivity contribution in [2.45, 2.75) is 36.2 Å². The van der Waals surface area contributed by atoms with Gasteiger partial charge in [0.2, 0.25) is 0 Å². The van der Waals surface area contributed by atoms with Gasteiger partial charge in [-0.05, 0) is 95.8 Å². The first-order valence-corrected chi connectivity index (χ1v) is 18.9. The Morgan fingerprint density at radius 3 is 1.06 bits per heavy atom. The lowest BCUT2D eigenvalue weighted by molar-refractivity contribution is 0.302. The quantitative estimate of drug-likeness (QED) is 0.156. The molecule has 0 saturated carbocycles. The van der Waals surface area contributed by atoms with Gasteiger partial charge in [-0.2, -0.15) is 23.5 Å². The van der Waals surface area contributed by atoms with Crippen LogP contribution in [0.2, 0.25) is 0 Å². The molecule has 0 saturated heterocycles. The van der Waals surface area contributed by atoms with Crippen LogP contribution in [0.25, 0.3) is 22.3 Å². The lowest BCUT2D eigenvalue weighted by Crippen LogP contribution is -1.98. The number of halogens is 1. The second kappa shape index (κ2) is 15.3. The number of benzene rings is 6. The van der Waals surface area contributed by atoms with E-state index in [1.54, 1.807) is 0 Å². The van der Waals surface area contributed by atoms with Gasteiger partial charge in [0.25, 0.3) is 0 Å². The molecule has 0 atom stereocenters. The summed E-state index contributed by atoms with van der Waals surface area (Å²) in [6.45, 7) is 1.08. The molecule has 0 spiro atoms. The van der Waals surface area contributed by atoms with Gasteiger partial charge in [-0.3, -0.25) is 0 Å². The van der Waals surface area contributed by atoms with Crippen LogP contribution < -0.4 is 9.47 Å². The van der Waals surface area contributed by atoms with Crippen molar-refractivity contribution in [1.29, 1.82) is 0 Å². The molecule has 5 heteroatoms. The first kappa shape index (κ1) is 31.7. The van der Waals surface area contributed by atoms with Crippen molar-refractivity contribution < 1.29 is 9.47 Å². The van der Waals surface area contributed by atoms with E-state index in [9.17, 15) is 0 Å². The third-order valence-corrected chi connectivity index (χ3v) is 11.3. The zero-order valence-electron chi connectivity index (χ0n) is 26.0. The fourth-order valence-corrected chi connectivity index (χ4v) is 8.18. The molecule has 234 valence electrons. The molecule has 6 aromatic rings. The Balaban J connectivity index is 1.09. The van der Waals surface area contributed by atoms with Crippen LogP contribution in [-0.4, -0.2) is 0 Å². The van der Waals surface area contributed by atoms with Crippen molar-refractivity contribution in [1.82, 2.24) is 0 Å². The third-order valence-electron chi connectivity index (χ3n) is 8.28. The van der Waals surface area contributed by atoms with Gasteiger partial charge in [0.15, 0.2) is 0 Å². The average molecular weight is 716 g/mol. The van der Waals surface area contributed by atoms with Gasteiger partial charge in [0.1, 0.15) is 24.7 Å². The summed E-state index contributed by atoms with van der Waals surface area (Å²) < 4.78 is 13.3. The van der Waals surface area contributed by atoms with Crippen molar-refractivity contribution in [2.75, 3.05) is 0 Å². The van der Waals surface area contributed by atoms with Gasteiger partial charge in [-0.15, -0.1) is 0 Å². The zero-order chi connectivity index (χ0) is 31.8. The topological polar surface area (TPSA) is 18.5 Å². The molecule has 0 amide bonds. The number of hydrogen-bond acceptors (Lipinski definition) is 4. The SMILES string of the molecule is Brc1c2cccc1-c1ccc(cc1)CSCc1ccc(cc1)OCc1ccc(cc1)COc1ccc(cc1)CSCc1ccc-2cc1. The van der Waals surface area contributed by atoms with E-state index >= 15 is 0 Å². The highest BCUT2D eigenvalue weighted by atomic mass is 79.9. The fraction of sp³-hybridized carbons (Fsp3) is 0.143. The van der Waals surface area contributed by atoms with Crippen molar-refractivity contribution in [3.05, 3.63) is 177 Å². The van der Waals surface area contributed by atoms with E-state index in [4.69, 9.17) is 9.47 Å². The number of ether oxygens (including phenoxy) is 2. The van der Waals surface area contributed by atoms with Crippen molar-refractivity contribution in [3.8, 4) is 33.8 Å². The maximum absolute atomic E-state index is 6.07. The Labute approximate surface area is 294 Å². The number of fused-ring (bicyclic) bond motifs is 5. The van der Waals surface area contributed by atoms with Gasteiger partial charge in [0, 0.05) is 27.5 Å². The van der Waals surface area contributed by atoms with Gasteiger partial charge < -0.3 is 9.47 Å². The Morgan fingerprint density at radius 2 is 0.702 bits per heavy atom. The Bertz CT molecular complexity index is 1760. The second-order valence-corrected chi connectivity index (χ2v) is 14.5. The van der Waals surface area contributed by atoms with Gasteiger partial charge in [0.05, 0.1) is 0 Å². The fourth-order valence-electron chi connectivity index (χ4n) is 5.54. The first-order chi connectivity index (χ1) is 23.2. The van der Waals surface area contributed by atoms with E-state index in [1.807, 2.05) is 23.5 Å². The minimum atomic E-state index is 0.539. The summed E-state index contributed by atoms with van der Waals surface area (Å²) in [5, 5.41) is 0. The van der Waals surface area contributed by atoms with Crippen LogP contribution in [0, 0.1) is 0 Å². The molecule has 47 heavy (non-hydrogen) atoms. The molecule has 0 radical (unpaired) electrons. The molecule has 2 nitrogen and oxygen atoms in total. The summed E-state index contributed by atoms with van der Waals surface area (Å²) in [6, 6.07) is 49.9. The van der Waals surface area contributed by atoms with E-state index in [1.165, 1.54) is 44.5 Å². The van der Waals surface area contributed by atoms with E-state index in [0.29, 0.717) is 13.2 Å². The van der Waals surface area contributed by atoms with Crippen LogP contribution >= 0.6 is 39.5 Å². The predicted molar refractivity (Wildman–Crippen MR) is 203 cm³/mol. The van der Waals surface area contributed by atoms with Crippen molar-refractivity contribution in [3.63, 3.8) is 0 Å². The maximum atomic E-state index is 6.07. The summed E-state index contributed by atoms with van der Waals surface area (Å²) in [6.07, 6.45) is 0. The van der Waals surface area contributed by atoms with E-state index < -0.39 is 0 Å². The van der Waals surface area contributed by atoms with Crippen molar-refractivity contribution in [2.24, 2.45) is 0 Å². The summed E-state index contributed by atoms with van der Waals surface area (Å²) in [4.78, 5) is 0. The number of thioether (sulfide) groups is 2. The lowest BCUT2D eigenvalue weighted by atomic mass is 9.98. The molecule has 6 aliphatic heterocycles. The maximum Gasteiger partial charge on any atom is 0.119 e. The molecule has 6 aliphatic rings. The molecule has 0 fully saturated rings. The molecular weight excluding hydrogens is 680 g/mol. The normalized spacial score (nSPS) is 13.7. The minimum Gasteiger partial charge on any atom is -0.489 e. The molecule has 12 bridgehead atoms. The molecule has 6 heterocycles. The molecule has 0 aliphatic carbocycles. The Morgan fingerprint density at radius 1 is 0.383 bits per heavy atom. The highest BCUT2D eigenvalue weighted by Gasteiger charge is 2.10. The largest absolute Gasteiger partial charge is 0.489 e. The summed E-state index contributed by atoms with van der Waals surface area (Å²) in [5.41, 5.74) is 12.4. The Kier molecular flexibility index (Phi) is 10.3. The molecular formula is C42H35BrO2S2. The van der Waals surface area contributed by atoms with E-state index in [-0.39, 0.29) is 0 Å². The summed E-state index contributed by atoms with van der Waals surface area (Å²) in [7, 11) is 0. The summed E-state index contributed by atoms with van der Waals surface area (Å²) >= 11 is 7.80. The van der Waals surface area contributed by atoms with Crippen LogP contribution in [-0.2, 0) is 36.2 Å². The van der Waals surface area contributed by atoms with Crippen LogP contribution in [0.3, 0.4) is 0 Å². The molecule has 0 unspecified atom stereocenters. The van der Waals surface area contributed by atoms with Crippen LogP contribution in [0.1, 0.15) is 33.4 Å². The second-order valence-electron chi connectivity index (χ2n) is 11.7. The van der Waals surface area contributed by atoms with E-state index in [0.717, 1.165) is 50.1 Å². The Hall–Kier alpha value is -3.90. The summed E-state index contributed by atoms with van der Waals surface area (Å²) in [5.74, 6) is 5.63. The molecule has 12 rings (SSSR count). The van der Waals surface area contributed by atoms with Gasteiger partial charge >= 0.3 is 0 Å². The average Bonchev–Trinajstić information content (AvgIpc) is 3.12. The molecule has 0 N–H and O–H groups in total. The highest BCUT2D eigenvalue weighted by molar-refractivity contribution is 9.10. The highest BCUT2D eigenvalue weighted by Crippen LogP contribution is 2.37. The van der Waals surface area contributed by atoms with Crippen molar-refractivity contribution >= 4 is 39.5 Å². The monoisotopic (exact) mass is 714 g/mol. The standard InChI is InChI=1S/C42H35BrO2S2/c43-42-40-2-1-3-41(42)37-18-10-33(11-19-37)27-47-29-35-14-22-39(23-15-35)45-25-31-6-4-30(5-7-31)24-44-38-20-12-34(13-21-38)28-46-26-32-8-16-36(40)17-9-32/h1-23H,24-29H2. The number of rotatable bonds is 0. The minimum absolute atomic E-state index is 0.539. The van der Waals surface area contributed by atoms with Gasteiger partial charge in [-0.1, -0.05) is 115 Å². The smallest absolute Gasteiger partial charge is 0.119 e. The molecule has 6 aromatic carbocycles. The lowest BCUT2D eigenvalue weighted by Gasteiger charge is -2.12. The predicted octanol–water partition coefficient (Wildman–Crippen LogP) is 12.1. The zero-order valence-corrected chi connectivity index (χ0v) is 29.3. The number of hydrogen-bond donors (Lipinski definition) is 0. The van der Waals surface area contributed by atoms with Crippen LogP contribution in [0.15, 0.2) is 144 Å². The first-order valence-electron chi connectivity index (χ1n) is 15.8.